The summed E-state index contributed by atoms with van der Waals surface area (Å²) in [4.78, 5) is 24.3. The zero-order valence-corrected chi connectivity index (χ0v) is 24.6. The van der Waals surface area contributed by atoms with Crippen molar-refractivity contribution in [1.82, 2.24) is 14.5 Å². The first-order valence-corrected chi connectivity index (χ1v) is 15.0. The second kappa shape index (κ2) is 12.0. The van der Waals surface area contributed by atoms with Gasteiger partial charge < -0.3 is 28.1 Å². The van der Waals surface area contributed by atoms with Crippen LogP contribution in [-0.2, 0) is 29.0 Å². The second-order valence-electron chi connectivity index (χ2n) is 11.4. The van der Waals surface area contributed by atoms with Crippen molar-refractivity contribution < 1.29 is 23.4 Å². The minimum Gasteiger partial charge on any atom is -0.473 e. The Kier molecular flexibility index (Phi) is 7.62. The number of methoxy groups -OCH3 is 1. The van der Waals surface area contributed by atoms with Crippen molar-refractivity contribution in [2.24, 2.45) is 5.92 Å². The number of nitriles is 1. The van der Waals surface area contributed by atoms with E-state index in [9.17, 15) is 10.1 Å². The summed E-state index contributed by atoms with van der Waals surface area (Å²) >= 11 is 0. The van der Waals surface area contributed by atoms with Gasteiger partial charge in [0.15, 0.2) is 0 Å². The fourth-order valence-corrected chi connectivity index (χ4v) is 6.18. The zero-order valence-electron chi connectivity index (χ0n) is 24.6. The molecule has 3 aromatic heterocycles. The number of nitrogens with zero attached hydrogens (tertiary/aromatic N) is 5. The lowest BCUT2D eigenvalue weighted by Crippen LogP contribution is -2.35. The Bertz CT molecular complexity index is 1860. The van der Waals surface area contributed by atoms with Crippen molar-refractivity contribution in [3.05, 3.63) is 83.4 Å². The number of esters is 1. The molecule has 44 heavy (non-hydrogen) atoms. The zero-order chi connectivity index (χ0) is 30.0. The van der Waals surface area contributed by atoms with E-state index < -0.39 is 0 Å². The molecule has 5 heterocycles. The third-order valence-electron chi connectivity index (χ3n) is 8.74. The lowest BCUT2D eigenvalue weighted by molar-refractivity contribution is -0.0590. The normalized spacial score (nSPS) is 17.0. The van der Waals surface area contributed by atoms with Gasteiger partial charge in [-0.3, -0.25) is 0 Å². The lowest BCUT2D eigenvalue weighted by atomic mass is 9.93. The Labute approximate surface area is 254 Å². The van der Waals surface area contributed by atoms with Crippen LogP contribution in [-0.4, -0.2) is 53.4 Å². The van der Waals surface area contributed by atoms with Crippen LogP contribution in [0.15, 0.2) is 65.3 Å². The molecule has 2 aliphatic heterocycles. The Morgan fingerprint density at radius 1 is 1.09 bits per heavy atom. The van der Waals surface area contributed by atoms with Gasteiger partial charge in [0.2, 0.25) is 5.88 Å². The standard InChI is InChI=1S/C34H33N5O5/c1-41-34(40)23-7-8-28-29(18-23)39(20-26-11-15-42-26)31(36-28)17-22-9-13-38(14-10-22)30-3-2-4-32(37-30)44-21-25-6-5-24(19-35)27-12-16-43-33(25)27/h2-8,12,16,18,22,26H,9-11,13-15,17,20-21H2,1H3/t26-/m0/s1. The van der Waals surface area contributed by atoms with Crippen LogP contribution in [0.4, 0.5) is 5.82 Å². The topological polar surface area (TPSA) is 116 Å². The average Bonchev–Trinajstić information content (AvgIpc) is 3.66. The third kappa shape index (κ3) is 5.47. The summed E-state index contributed by atoms with van der Waals surface area (Å²) in [6.07, 6.45) is 5.71. The van der Waals surface area contributed by atoms with Crippen molar-refractivity contribution >= 4 is 33.8 Å². The fraction of sp³-hybridized carbons (Fsp3) is 0.353. The number of imidazole rings is 1. The summed E-state index contributed by atoms with van der Waals surface area (Å²) in [6.45, 7) is 3.61. The molecule has 0 N–H and O–H groups in total. The van der Waals surface area contributed by atoms with Crippen LogP contribution in [0, 0.1) is 17.2 Å². The van der Waals surface area contributed by atoms with E-state index in [0.717, 1.165) is 85.5 Å². The molecule has 7 rings (SSSR count). The van der Waals surface area contributed by atoms with E-state index in [2.05, 4.69) is 15.5 Å². The van der Waals surface area contributed by atoms with E-state index in [1.165, 1.54) is 7.11 Å². The highest BCUT2D eigenvalue weighted by Gasteiger charge is 2.26. The fourth-order valence-electron chi connectivity index (χ4n) is 6.18. The second-order valence-corrected chi connectivity index (χ2v) is 11.4. The average molecular weight is 592 g/mol. The van der Waals surface area contributed by atoms with Crippen molar-refractivity contribution in [3.63, 3.8) is 0 Å². The summed E-state index contributed by atoms with van der Waals surface area (Å²) in [6, 6.07) is 19.1. The van der Waals surface area contributed by atoms with E-state index in [0.29, 0.717) is 35.1 Å². The number of aromatic nitrogens is 3. The molecule has 0 amide bonds. The lowest BCUT2D eigenvalue weighted by Gasteiger charge is -2.33. The van der Waals surface area contributed by atoms with E-state index in [1.807, 2.05) is 36.4 Å². The first-order chi connectivity index (χ1) is 21.6. The minimum atomic E-state index is -0.347. The minimum absolute atomic E-state index is 0.178. The quantitative estimate of drug-likeness (QED) is 0.200. The predicted molar refractivity (Wildman–Crippen MR) is 164 cm³/mol. The molecule has 10 nitrogen and oxygen atoms in total. The molecule has 0 spiro atoms. The van der Waals surface area contributed by atoms with Gasteiger partial charge in [-0.2, -0.15) is 10.2 Å². The highest BCUT2D eigenvalue weighted by molar-refractivity contribution is 5.93. The predicted octanol–water partition coefficient (Wildman–Crippen LogP) is 5.66. The van der Waals surface area contributed by atoms with Crippen molar-refractivity contribution in [2.75, 3.05) is 31.7 Å². The van der Waals surface area contributed by atoms with Gasteiger partial charge in [0, 0.05) is 43.1 Å². The van der Waals surface area contributed by atoms with Crippen LogP contribution in [0.1, 0.15) is 46.6 Å². The van der Waals surface area contributed by atoms with Gasteiger partial charge in [-0.25, -0.2) is 9.78 Å². The third-order valence-corrected chi connectivity index (χ3v) is 8.74. The van der Waals surface area contributed by atoms with Crippen LogP contribution in [0.25, 0.3) is 22.0 Å². The SMILES string of the molecule is COC(=O)c1ccc2nc(CC3CCN(c4cccc(OCc5ccc(C#N)c6ccoc56)n4)CC3)n(C[C@@H]3CCO3)c2c1. The number of piperidine rings is 1. The highest BCUT2D eigenvalue weighted by atomic mass is 16.5. The van der Waals surface area contributed by atoms with Gasteiger partial charge in [0.25, 0.3) is 0 Å². The van der Waals surface area contributed by atoms with Gasteiger partial charge in [0.05, 0.1) is 54.3 Å². The number of benzene rings is 2. The highest BCUT2D eigenvalue weighted by Crippen LogP contribution is 2.30. The molecule has 2 aromatic carbocycles. The number of hydrogen-bond donors (Lipinski definition) is 0. The maximum absolute atomic E-state index is 12.2. The van der Waals surface area contributed by atoms with Gasteiger partial charge in [0.1, 0.15) is 23.8 Å². The summed E-state index contributed by atoms with van der Waals surface area (Å²) in [5.41, 5.74) is 4.48. The molecule has 5 aromatic rings. The summed E-state index contributed by atoms with van der Waals surface area (Å²) in [5, 5.41) is 10.1. The number of hydrogen-bond acceptors (Lipinski definition) is 9. The number of carbonyl (C=O) groups excluding carboxylic acids is 1. The summed E-state index contributed by atoms with van der Waals surface area (Å²) < 4.78 is 24.6. The van der Waals surface area contributed by atoms with Gasteiger partial charge >= 0.3 is 5.97 Å². The van der Waals surface area contributed by atoms with Gasteiger partial charge in [-0.05, 0) is 61.6 Å². The number of pyridine rings is 1. The molecule has 2 fully saturated rings. The largest absolute Gasteiger partial charge is 0.473 e. The first-order valence-electron chi connectivity index (χ1n) is 15.0. The monoisotopic (exact) mass is 591 g/mol. The van der Waals surface area contributed by atoms with Crippen molar-refractivity contribution in [2.45, 2.75) is 44.9 Å². The molecule has 0 aliphatic carbocycles. The van der Waals surface area contributed by atoms with Crippen LogP contribution in [0.3, 0.4) is 0 Å². The Morgan fingerprint density at radius 3 is 2.73 bits per heavy atom. The number of fused-ring (bicyclic) bond motifs is 2. The maximum atomic E-state index is 12.2. The molecule has 1 atom stereocenters. The number of carbonyl (C=O) groups is 1. The van der Waals surface area contributed by atoms with Gasteiger partial charge in [-0.15, -0.1) is 0 Å². The van der Waals surface area contributed by atoms with Crippen LogP contribution in [0.5, 0.6) is 5.88 Å². The molecule has 10 heteroatoms. The van der Waals surface area contributed by atoms with E-state index in [1.54, 1.807) is 24.5 Å². The molecular weight excluding hydrogens is 558 g/mol. The summed E-state index contributed by atoms with van der Waals surface area (Å²) in [5.74, 6) is 2.62. The smallest absolute Gasteiger partial charge is 0.337 e. The van der Waals surface area contributed by atoms with Crippen LogP contribution >= 0.6 is 0 Å². The number of rotatable bonds is 9. The van der Waals surface area contributed by atoms with Gasteiger partial charge in [-0.1, -0.05) is 12.1 Å². The van der Waals surface area contributed by atoms with Crippen LogP contribution < -0.4 is 9.64 Å². The van der Waals surface area contributed by atoms with E-state index in [-0.39, 0.29) is 12.1 Å². The molecule has 0 radical (unpaired) electrons. The molecule has 2 saturated heterocycles. The molecule has 224 valence electrons. The van der Waals surface area contributed by atoms with Crippen molar-refractivity contribution in [3.8, 4) is 11.9 Å². The molecule has 2 aliphatic rings. The maximum Gasteiger partial charge on any atom is 0.337 e. The van der Waals surface area contributed by atoms with Crippen LogP contribution in [0.2, 0.25) is 0 Å². The first kappa shape index (κ1) is 27.9. The summed E-state index contributed by atoms with van der Waals surface area (Å²) in [7, 11) is 1.40. The van der Waals surface area contributed by atoms with E-state index >= 15 is 0 Å². The Hall–Kier alpha value is -4.88. The molecule has 0 saturated carbocycles. The molecule has 0 unspecified atom stereocenters. The Morgan fingerprint density at radius 2 is 1.95 bits per heavy atom. The molecular formula is C34H33N5O5. The molecule has 0 bridgehead atoms. The number of ether oxygens (including phenoxy) is 3. The Balaban J connectivity index is 1.01. The van der Waals surface area contributed by atoms with E-state index in [4.69, 9.17) is 28.6 Å². The van der Waals surface area contributed by atoms with Crippen molar-refractivity contribution in [1.29, 1.82) is 5.26 Å². The number of furan rings is 1. The number of anilines is 1.